The molecule has 10 heteroatoms. The van der Waals surface area contributed by atoms with Crippen LogP contribution in [-0.4, -0.2) is 44.6 Å². The molecule has 2 aromatic heterocycles. The van der Waals surface area contributed by atoms with Gasteiger partial charge in [-0.3, -0.25) is 14.2 Å². The van der Waals surface area contributed by atoms with Crippen molar-refractivity contribution in [2.24, 2.45) is 0 Å². The van der Waals surface area contributed by atoms with Gasteiger partial charge in [0, 0.05) is 24.2 Å². The Morgan fingerprint density at radius 1 is 1.09 bits per heavy atom. The molecule has 0 aliphatic rings. The molecule has 34 heavy (non-hydrogen) atoms. The molecule has 4 aromatic rings. The molecule has 176 valence electrons. The van der Waals surface area contributed by atoms with E-state index in [2.05, 4.69) is 10.3 Å². The summed E-state index contributed by atoms with van der Waals surface area (Å²) in [5.41, 5.74) is 0.850. The van der Waals surface area contributed by atoms with Crippen LogP contribution >= 0.6 is 11.8 Å². The highest BCUT2D eigenvalue weighted by molar-refractivity contribution is 7.98. The van der Waals surface area contributed by atoms with Crippen LogP contribution in [0.2, 0.25) is 0 Å². The molecule has 0 aliphatic carbocycles. The summed E-state index contributed by atoms with van der Waals surface area (Å²) in [6.07, 6.45) is 3.46. The van der Waals surface area contributed by atoms with E-state index in [-0.39, 0.29) is 17.7 Å². The van der Waals surface area contributed by atoms with Crippen LogP contribution in [0.1, 0.15) is 5.56 Å². The molecule has 0 saturated heterocycles. The van der Waals surface area contributed by atoms with Crippen LogP contribution in [0.5, 0.6) is 0 Å². The van der Waals surface area contributed by atoms with Gasteiger partial charge in [0.2, 0.25) is 5.91 Å². The Bertz CT molecular complexity index is 1430. The second-order valence-electron chi connectivity index (χ2n) is 7.63. The monoisotopic (exact) mass is 479 g/mol. The van der Waals surface area contributed by atoms with E-state index in [1.807, 2.05) is 54.8 Å². The number of benzene rings is 2. The van der Waals surface area contributed by atoms with Crippen molar-refractivity contribution in [3.63, 3.8) is 0 Å². The Hall–Kier alpha value is -3.63. The molecule has 0 saturated carbocycles. The molecule has 4 rings (SSSR count). The van der Waals surface area contributed by atoms with E-state index in [1.54, 1.807) is 29.5 Å². The quantitative estimate of drug-likeness (QED) is 0.370. The first-order chi connectivity index (χ1) is 16.5. The number of imidazole rings is 1. The van der Waals surface area contributed by atoms with Gasteiger partial charge in [-0.05, 0) is 30.0 Å². The van der Waals surface area contributed by atoms with Crippen molar-refractivity contribution >= 4 is 34.5 Å². The summed E-state index contributed by atoms with van der Waals surface area (Å²) in [4.78, 5) is 44.9. The zero-order valence-electron chi connectivity index (χ0n) is 18.9. The van der Waals surface area contributed by atoms with Crippen molar-refractivity contribution in [1.82, 2.24) is 18.7 Å². The highest BCUT2D eigenvalue weighted by Gasteiger charge is 2.20. The second-order valence-corrected chi connectivity index (χ2v) is 8.51. The van der Waals surface area contributed by atoms with Crippen molar-refractivity contribution in [2.75, 3.05) is 25.3 Å². The number of anilines is 1. The lowest BCUT2D eigenvalue weighted by atomic mass is 10.2. The average molecular weight is 480 g/mol. The molecule has 0 radical (unpaired) electrons. The normalized spacial score (nSPS) is 11.1. The Labute approximate surface area is 200 Å². The molecular weight excluding hydrogens is 454 g/mol. The van der Waals surface area contributed by atoms with Crippen molar-refractivity contribution in [2.45, 2.75) is 24.5 Å². The summed E-state index contributed by atoms with van der Waals surface area (Å²) in [6, 6.07) is 16.8. The van der Waals surface area contributed by atoms with Crippen LogP contribution in [-0.2, 0) is 29.2 Å². The first kappa shape index (κ1) is 23.5. The summed E-state index contributed by atoms with van der Waals surface area (Å²) in [5, 5.41) is 2.78. The number of hydrogen-bond acceptors (Lipinski definition) is 6. The molecule has 0 unspecified atom stereocenters. The van der Waals surface area contributed by atoms with E-state index in [1.165, 1.54) is 10.9 Å². The number of carbonyl (C=O) groups excluding carboxylic acids is 1. The number of carbonyl (C=O) groups is 1. The van der Waals surface area contributed by atoms with E-state index in [0.29, 0.717) is 18.8 Å². The molecule has 0 aliphatic heterocycles. The van der Waals surface area contributed by atoms with Gasteiger partial charge >= 0.3 is 5.69 Å². The summed E-state index contributed by atoms with van der Waals surface area (Å²) >= 11 is 1.55. The number of hydrogen-bond donors (Lipinski definition) is 1. The SMILES string of the molecule is COCCn1cnc2c1c(=O)n(CC(=O)Nc1cccc(SC)c1)c(=O)n2Cc1ccccc1. The molecule has 0 spiro atoms. The number of methoxy groups -OCH3 is 1. The zero-order chi connectivity index (χ0) is 24.1. The fraction of sp³-hybridized carbons (Fsp3) is 0.250. The number of fused-ring (bicyclic) bond motifs is 1. The first-order valence-corrected chi connectivity index (χ1v) is 11.9. The summed E-state index contributed by atoms with van der Waals surface area (Å²) in [6.45, 7) is 0.560. The number of thioether (sulfide) groups is 1. The Balaban J connectivity index is 1.76. The summed E-state index contributed by atoms with van der Waals surface area (Å²) < 4.78 is 9.18. The molecule has 0 atom stereocenters. The molecule has 0 fully saturated rings. The Morgan fingerprint density at radius 3 is 2.62 bits per heavy atom. The minimum Gasteiger partial charge on any atom is -0.383 e. The fourth-order valence-corrected chi connectivity index (χ4v) is 4.15. The summed E-state index contributed by atoms with van der Waals surface area (Å²) in [5.74, 6) is -0.467. The lowest BCUT2D eigenvalue weighted by Gasteiger charge is -2.13. The topological polar surface area (TPSA) is 100 Å². The van der Waals surface area contributed by atoms with Crippen LogP contribution < -0.4 is 16.6 Å². The largest absolute Gasteiger partial charge is 0.383 e. The van der Waals surface area contributed by atoms with Crippen molar-refractivity contribution in [3.8, 4) is 0 Å². The number of amides is 1. The van der Waals surface area contributed by atoms with Crippen LogP contribution in [0.25, 0.3) is 11.2 Å². The van der Waals surface area contributed by atoms with Gasteiger partial charge in [-0.15, -0.1) is 11.8 Å². The van der Waals surface area contributed by atoms with E-state index in [9.17, 15) is 14.4 Å². The lowest BCUT2D eigenvalue weighted by molar-refractivity contribution is -0.116. The van der Waals surface area contributed by atoms with Crippen LogP contribution in [0, 0.1) is 0 Å². The van der Waals surface area contributed by atoms with E-state index in [4.69, 9.17) is 4.74 Å². The maximum Gasteiger partial charge on any atom is 0.333 e. The highest BCUT2D eigenvalue weighted by atomic mass is 32.2. The molecular formula is C24H25N5O4S. The van der Waals surface area contributed by atoms with Crippen LogP contribution in [0.4, 0.5) is 5.69 Å². The zero-order valence-corrected chi connectivity index (χ0v) is 19.7. The molecule has 1 N–H and O–H groups in total. The first-order valence-electron chi connectivity index (χ1n) is 10.7. The van der Waals surface area contributed by atoms with Crippen LogP contribution in [0.3, 0.4) is 0 Å². The maximum atomic E-state index is 13.4. The minimum atomic E-state index is -0.591. The van der Waals surface area contributed by atoms with E-state index < -0.39 is 23.7 Å². The fourth-order valence-electron chi connectivity index (χ4n) is 3.69. The van der Waals surface area contributed by atoms with Crippen molar-refractivity contribution < 1.29 is 9.53 Å². The van der Waals surface area contributed by atoms with Gasteiger partial charge in [-0.2, -0.15) is 0 Å². The minimum absolute atomic E-state index is 0.217. The van der Waals surface area contributed by atoms with Gasteiger partial charge in [0.05, 0.1) is 19.5 Å². The Kier molecular flexibility index (Phi) is 7.29. The smallest absolute Gasteiger partial charge is 0.333 e. The average Bonchev–Trinajstić information content (AvgIpc) is 3.28. The van der Waals surface area contributed by atoms with Gasteiger partial charge in [-0.1, -0.05) is 36.4 Å². The molecule has 9 nitrogen and oxygen atoms in total. The van der Waals surface area contributed by atoms with Gasteiger partial charge in [-0.25, -0.2) is 14.3 Å². The number of nitrogens with one attached hydrogen (secondary N) is 1. The van der Waals surface area contributed by atoms with Gasteiger partial charge in [0.25, 0.3) is 5.56 Å². The standard InChI is InChI=1S/C24H25N5O4S/c1-33-12-11-27-16-25-22-21(27)23(31)29(24(32)28(22)14-17-7-4-3-5-8-17)15-20(30)26-18-9-6-10-19(13-18)34-2/h3-10,13,16H,11-12,14-15H2,1-2H3,(H,26,30). The lowest BCUT2D eigenvalue weighted by Crippen LogP contribution is -2.43. The number of ether oxygens (including phenoxy) is 1. The third kappa shape index (κ3) is 4.97. The van der Waals surface area contributed by atoms with E-state index in [0.717, 1.165) is 15.0 Å². The van der Waals surface area contributed by atoms with Gasteiger partial charge < -0.3 is 14.6 Å². The number of aromatic nitrogens is 4. The highest BCUT2D eigenvalue weighted by Crippen LogP contribution is 2.19. The maximum absolute atomic E-state index is 13.4. The number of rotatable bonds is 9. The third-order valence-corrected chi connectivity index (χ3v) is 6.08. The molecule has 1 amide bonds. The Morgan fingerprint density at radius 2 is 1.88 bits per heavy atom. The van der Waals surface area contributed by atoms with Gasteiger partial charge in [0.15, 0.2) is 11.2 Å². The van der Waals surface area contributed by atoms with E-state index >= 15 is 0 Å². The van der Waals surface area contributed by atoms with Crippen molar-refractivity contribution in [3.05, 3.63) is 87.3 Å². The second kappa shape index (κ2) is 10.5. The summed E-state index contributed by atoms with van der Waals surface area (Å²) in [7, 11) is 1.57. The molecule has 2 aromatic carbocycles. The van der Waals surface area contributed by atoms with Crippen molar-refractivity contribution in [1.29, 1.82) is 0 Å². The molecule has 0 bridgehead atoms. The predicted octanol–water partition coefficient (Wildman–Crippen LogP) is 2.42. The molecule has 2 heterocycles. The third-order valence-electron chi connectivity index (χ3n) is 5.36. The van der Waals surface area contributed by atoms with Gasteiger partial charge in [0.1, 0.15) is 6.54 Å². The number of nitrogens with zero attached hydrogens (tertiary/aromatic N) is 4. The predicted molar refractivity (Wildman–Crippen MR) is 133 cm³/mol. The van der Waals surface area contributed by atoms with Crippen LogP contribution in [0.15, 0.2) is 75.4 Å².